The summed E-state index contributed by atoms with van der Waals surface area (Å²) in [5, 5.41) is 9.48. The Kier molecular flexibility index (Phi) is 3.90. The number of aliphatic hydroxyl groups is 1. The van der Waals surface area contributed by atoms with Gasteiger partial charge >= 0.3 is 0 Å². The molecule has 0 aromatic heterocycles. The van der Waals surface area contributed by atoms with Gasteiger partial charge in [0.1, 0.15) is 0 Å². The molecule has 1 nitrogen and oxygen atoms in total. The molecule has 0 aliphatic heterocycles. The zero-order valence-electron chi connectivity index (χ0n) is 8.90. The van der Waals surface area contributed by atoms with Gasteiger partial charge in [-0.25, -0.2) is 0 Å². The molecule has 1 N–H and O–H groups in total. The third kappa shape index (κ3) is 4.83. The summed E-state index contributed by atoms with van der Waals surface area (Å²) < 4.78 is 0. The fourth-order valence-electron chi connectivity index (χ4n) is 1.22. The third-order valence-electron chi connectivity index (χ3n) is 2.03. The van der Waals surface area contributed by atoms with E-state index in [0.717, 1.165) is 12.8 Å². The van der Waals surface area contributed by atoms with Gasteiger partial charge in [-0.3, -0.25) is 0 Å². The van der Waals surface area contributed by atoms with Crippen molar-refractivity contribution in [2.75, 3.05) is 0 Å². The van der Waals surface area contributed by atoms with Crippen molar-refractivity contribution in [3.63, 3.8) is 0 Å². The maximum atomic E-state index is 9.48. The molecular weight excluding hydrogens is 172 g/mol. The molecular formula is C13H18O. The zero-order chi connectivity index (χ0) is 10.4. The quantitative estimate of drug-likeness (QED) is 0.772. The van der Waals surface area contributed by atoms with Crippen molar-refractivity contribution in [1.29, 1.82) is 0 Å². The Morgan fingerprint density at radius 1 is 1.21 bits per heavy atom. The Hall–Kier alpha value is -1.08. The second-order valence-electron chi connectivity index (χ2n) is 4.16. The first-order valence-electron chi connectivity index (χ1n) is 5.02. The van der Waals surface area contributed by atoms with E-state index in [-0.39, 0.29) is 0 Å². The minimum Gasteiger partial charge on any atom is -0.390 e. The summed E-state index contributed by atoms with van der Waals surface area (Å²) >= 11 is 0. The average molecular weight is 190 g/mol. The van der Waals surface area contributed by atoms with E-state index in [4.69, 9.17) is 0 Å². The van der Waals surface area contributed by atoms with Crippen molar-refractivity contribution in [3.8, 4) is 0 Å². The molecule has 14 heavy (non-hydrogen) atoms. The van der Waals surface area contributed by atoms with Crippen LogP contribution in [0.1, 0.15) is 32.3 Å². The summed E-state index contributed by atoms with van der Waals surface area (Å²) in [5.74, 6) is 0. The van der Waals surface area contributed by atoms with Crippen LogP contribution in [-0.2, 0) is 0 Å². The molecule has 0 spiro atoms. The van der Waals surface area contributed by atoms with Gasteiger partial charge in [-0.1, -0.05) is 42.5 Å². The Morgan fingerprint density at radius 3 is 2.43 bits per heavy atom. The van der Waals surface area contributed by atoms with Gasteiger partial charge in [0.15, 0.2) is 0 Å². The van der Waals surface area contributed by atoms with E-state index in [1.165, 1.54) is 5.56 Å². The minimum atomic E-state index is -0.555. The molecule has 0 radical (unpaired) electrons. The molecule has 0 heterocycles. The van der Waals surface area contributed by atoms with Crippen LogP contribution in [0.5, 0.6) is 0 Å². The maximum Gasteiger partial charge on any atom is 0.0594 e. The first-order chi connectivity index (χ1) is 6.58. The van der Waals surface area contributed by atoms with Crippen LogP contribution >= 0.6 is 0 Å². The van der Waals surface area contributed by atoms with E-state index in [9.17, 15) is 5.11 Å². The minimum absolute atomic E-state index is 0.555. The standard InChI is InChI=1S/C13H18O/c1-13(2,14)11-7-6-10-12-8-4-3-5-9-12/h3-6,8-10,14H,7,11H2,1-2H3/b10-6+. The van der Waals surface area contributed by atoms with E-state index in [1.54, 1.807) is 0 Å². The lowest BCUT2D eigenvalue weighted by atomic mass is 10.0. The highest BCUT2D eigenvalue weighted by Gasteiger charge is 2.09. The number of benzene rings is 1. The molecule has 76 valence electrons. The van der Waals surface area contributed by atoms with E-state index in [0.29, 0.717) is 0 Å². The summed E-state index contributed by atoms with van der Waals surface area (Å²) in [6.07, 6.45) is 5.91. The lowest BCUT2D eigenvalue weighted by molar-refractivity contribution is 0.0722. The largest absolute Gasteiger partial charge is 0.390 e. The molecule has 0 saturated carbocycles. The topological polar surface area (TPSA) is 20.2 Å². The molecule has 0 saturated heterocycles. The van der Waals surface area contributed by atoms with Gasteiger partial charge in [0.2, 0.25) is 0 Å². The Balaban J connectivity index is 2.35. The van der Waals surface area contributed by atoms with Crippen LogP contribution in [-0.4, -0.2) is 10.7 Å². The first-order valence-corrected chi connectivity index (χ1v) is 5.02. The van der Waals surface area contributed by atoms with Crippen molar-refractivity contribution in [3.05, 3.63) is 42.0 Å². The van der Waals surface area contributed by atoms with Gasteiger partial charge in [-0.2, -0.15) is 0 Å². The van der Waals surface area contributed by atoms with Crippen LogP contribution in [0.4, 0.5) is 0 Å². The molecule has 0 amide bonds. The Labute approximate surface area is 86.1 Å². The van der Waals surface area contributed by atoms with Crippen molar-refractivity contribution in [2.45, 2.75) is 32.3 Å². The fourth-order valence-corrected chi connectivity index (χ4v) is 1.22. The van der Waals surface area contributed by atoms with Gasteiger partial charge in [0.25, 0.3) is 0 Å². The molecule has 1 heteroatoms. The molecule has 0 aliphatic carbocycles. The number of allylic oxidation sites excluding steroid dienone is 1. The number of hydrogen-bond donors (Lipinski definition) is 1. The second kappa shape index (κ2) is 4.97. The van der Waals surface area contributed by atoms with Crippen molar-refractivity contribution >= 4 is 6.08 Å². The lowest BCUT2D eigenvalue weighted by Gasteiger charge is -2.14. The van der Waals surface area contributed by atoms with Crippen LogP contribution in [0.15, 0.2) is 36.4 Å². The highest BCUT2D eigenvalue weighted by atomic mass is 16.3. The Morgan fingerprint density at radius 2 is 1.86 bits per heavy atom. The van der Waals surface area contributed by atoms with Gasteiger partial charge in [0, 0.05) is 0 Å². The van der Waals surface area contributed by atoms with E-state index in [1.807, 2.05) is 32.0 Å². The summed E-state index contributed by atoms with van der Waals surface area (Å²) in [7, 11) is 0. The monoisotopic (exact) mass is 190 g/mol. The molecule has 1 aromatic rings. The van der Waals surface area contributed by atoms with Gasteiger partial charge < -0.3 is 5.11 Å². The highest BCUT2D eigenvalue weighted by molar-refractivity contribution is 5.48. The SMILES string of the molecule is CC(C)(O)CC/C=C/c1ccccc1. The maximum absolute atomic E-state index is 9.48. The van der Waals surface area contributed by atoms with Crippen LogP contribution in [0.3, 0.4) is 0 Å². The molecule has 0 unspecified atom stereocenters. The summed E-state index contributed by atoms with van der Waals surface area (Å²) in [6.45, 7) is 3.67. The molecule has 0 aliphatic rings. The van der Waals surface area contributed by atoms with Crippen LogP contribution < -0.4 is 0 Å². The summed E-state index contributed by atoms with van der Waals surface area (Å²) in [4.78, 5) is 0. The molecule has 1 rings (SSSR count). The van der Waals surface area contributed by atoms with Gasteiger partial charge in [0.05, 0.1) is 5.60 Å². The van der Waals surface area contributed by atoms with Crippen molar-refractivity contribution in [2.24, 2.45) is 0 Å². The molecule has 0 bridgehead atoms. The van der Waals surface area contributed by atoms with Gasteiger partial charge in [-0.15, -0.1) is 0 Å². The van der Waals surface area contributed by atoms with Crippen LogP contribution in [0.25, 0.3) is 6.08 Å². The van der Waals surface area contributed by atoms with Crippen molar-refractivity contribution in [1.82, 2.24) is 0 Å². The number of rotatable bonds is 4. The smallest absolute Gasteiger partial charge is 0.0594 e. The second-order valence-corrected chi connectivity index (χ2v) is 4.16. The predicted molar refractivity (Wildman–Crippen MR) is 61.0 cm³/mol. The molecule has 0 atom stereocenters. The van der Waals surface area contributed by atoms with E-state index in [2.05, 4.69) is 24.3 Å². The Bertz CT molecular complexity index is 280. The summed E-state index contributed by atoms with van der Waals surface area (Å²) in [5.41, 5.74) is 0.657. The predicted octanol–water partition coefficient (Wildman–Crippen LogP) is 3.25. The number of hydrogen-bond acceptors (Lipinski definition) is 1. The molecule has 0 fully saturated rings. The van der Waals surface area contributed by atoms with Crippen LogP contribution in [0, 0.1) is 0 Å². The lowest BCUT2D eigenvalue weighted by Crippen LogP contribution is -2.17. The molecule has 1 aromatic carbocycles. The fraction of sp³-hybridized carbons (Fsp3) is 0.385. The first kappa shape index (κ1) is 11.0. The van der Waals surface area contributed by atoms with Gasteiger partial charge in [-0.05, 0) is 32.3 Å². The van der Waals surface area contributed by atoms with Crippen molar-refractivity contribution < 1.29 is 5.11 Å². The average Bonchev–Trinajstić information content (AvgIpc) is 2.13. The summed E-state index contributed by atoms with van der Waals surface area (Å²) in [6, 6.07) is 10.2. The third-order valence-corrected chi connectivity index (χ3v) is 2.03. The normalized spacial score (nSPS) is 12.2. The zero-order valence-corrected chi connectivity index (χ0v) is 8.90. The van der Waals surface area contributed by atoms with E-state index < -0.39 is 5.60 Å². The highest BCUT2D eigenvalue weighted by Crippen LogP contribution is 2.11. The van der Waals surface area contributed by atoms with E-state index >= 15 is 0 Å². The van der Waals surface area contributed by atoms with Crippen LogP contribution in [0.2, 0.25) is 0 Å².